The zero-order chi connectivity index (χ0) is 28.0. The molecule has 2 N–H and O–H groups in total. The minimum Gasteiger partial charge on any atom is -0.406 e. The zero-order valence-electron chi connectivity index (χ0n) is 20.4. The molecule has 1 saturated heterocycles. The van der Waals surface area contributed by atoms with Crippen LogP contribution in [0.25, 0.3) is 11.1 Å². The number of aliphatic hydroxyl groups excluding tert-OH is 1. The lowest BCUT2D eigenvalue weighted by molar-refractivity contribution is -0.274. The fourth-order valence-corrected chi connectivity index (χ4v) is 8.20. The predicted molar refractivity (Wildman–Crippen MR) is 137 cm³/mol. The lowest BCUT2D eigenvalue weighted by atomic mass is 9.99. The fourth-order valence-electron chi connectivity index (χ4n) is 4.75. The first-order chi connectivity index (χ1) is 18.4. The maximum atomic E-state index is 13.8. The fraction of sp³-hybridized carbons (Fsp3) is 0.280. The van der Waals surface area contributed by atoms with Gasteiger partial charge in [0.25, 0.3) is 10.0 Å². The molecule has 2 aliphatic rings. The highest BCUT2D eigenvalue weighted by atomic mass is 32.2. The van der Waals surface area contributed by atoms with Crippen LogP contribution in [0, 0.1) is 0 Å². The van der Waals surface area contributed by atoms with Crippen LogP contribution in [0.3, 0.4) is 0 Å². The summed E-state index contributed by atoms with van der Waals surface area (Å²) in [7, 11) is -6.31. The topological polar surface area (TPSA) is 118 Å². The van der Waals surface area contributed by atoms with Gasteiger partial charge in [-0.15, -0.1) is 13.2 Å². The lowest BCUT2D eigenvalue weighted by Gasteiger charge is -2.44. The van der Waals surface area contributed by atoms with Gasteiger partial charge in [-0.05, 0) is 36.4 Å². The summed E-state index contributed by atoms with van der Waals surface area (Å²) < 4.78 is 96.1. The number of fused-ring (bicyclic) bond motifs is 3. The number of rotatable bonds is 5. The minimum absolute atomic E-state index is 0.0405. The number of nitrogens with zero attached hydrogens (tertiary/aromatic N) is 2. The third kappa shape index (κ3) is 5.10. The van der Waals surface area contributed by atoms with Gasteiger partial charge in [0, 0.05) is 18.2 Å². The summed E-state index contributed by atoms with van der Waals surface area (Å²) in [5.74, 6) is -0.501. The Bertz CT molecular complexity index is 1610. The van der Waals surface area contributed by atoms with Gasteiger partial charge in [0.1, 0.15) is 15.7 Å². The number of sulfonamides is 1. The van der Waals surface area contributed by atoms with Crippen LogP contribution >= 0.6 is 0 Å². The summed E-state index contributed by atoms with van der Waals surface area (Å²) in [6.07, 6.45) is -6.27. The van der Waals surface area contributed by atoms with Gasteiger partial charge in [-0.3, -0.25) is 4.31 Å². The summed E-state index contributed by atoms with van der Waals surface area (Å²) in [5, 5.41) is 11.4. The molecular formula is C25H24F3N3O6S2. The molecule has 4 atom stereocenters. The van der Waals surface area contributed by atoms with Gasteiger partial charge in [0.05, 0.1) is 46.9 Å². The molecule has 0 bridgehead atoms. The maximum Gasteiger partial charge on any atom is 0.573 e. The number of ether oxygens (including phenoxy) is 2. The molecule has 1 fully saturated rings. The number of halogens is 3. The highest BCUT2D eigenvalue weighted by Gasteiger charge is 2.46. The number of hydrogen-bond acceptors (Lipinski definition) is 7. The number of anilines is 1. The van der Waals surface area contributed by atoms with E-state index in [4.69, 9.17) is 4.74 Å². The van der Waals surface area contributed by atoms with Crippen LogP contribution in [-0.2, 0) is 24.7 Å². The van der Waals surface area contributed by atoms with E-state index < -0.39 is 50.2 Å². The van der Waals surface area contributed by atoms with Crippen molar-refractivity contribution in [1.82, 2.24) is 4.72 Å². The number of alkyl halides is 3. The van der Waals surface area contributed by atoms with Crippen molar-refractivity contribution in [2.75, 3.05) is 24.6 Å². The summed E-state index contributed by atoms with van der Waals surface area (Å²) in [5.41, 5.74) is 1.57. The van der Waals surface area contributed by atoms with Gasteiger partial charge in [0.2, 0.25) is 0 Å². The van der Waals surface area contributed by atoms with Crippen molar-refractivity contribution in [3.05, 3.63) is 72.8 Å². The molecule has 3 aromatic carbocycles. The van der Waals surface area contributed by atoms with Crippen LogP contribution in [0.4, 0.5) is 18.9 Å². The molecule has 0 aromatic heterocycles. The minimum atomic E-state index is -4.89. The zero-order valence-corrected chi connectivity index (χ0v) is 22.0. The summed E-state index contributed by atoms with van der Waals surface area (Å²) in [6.45, 7) is -0.255. The Labute approximate surface area is 223 Å². The molecule has 3 aromatic rings. The average molecular weight is 584 g/mol. The molecule has 5 rings (SSSR count). The van der Waals surface area contributed by atoms with E-state index >= 15 is 0 Å². The van der Waals surface area contributed by atoms with E-state index in [1.807, 2.05) is 0 Å². The molecule has 14 heteroatoms. The first-order valence-corrected chi connectivity index (χ1v) is 14.7. The Morgan fingerprint density at radius 1 is 1.03 bits per heavy atom. The van der Waals surface area contributed by atoms with Gasteiger partial charge in [-0.1, -0.05) is 36.4 Å². The van der Waals surface area contributed by atoms with E-state index in [0.717, 1.165) is 16.4 Å². The summed E-state index contributed by atoms with van der Waals surface area (Å²) in [6, 6.07) is 15.7. The van der Waals surface area contributed by atoms with Crippen molar-refractivity contribution in [2.24, 2.45) is 4.36 Å². The Morgan fingerprint density at radius 3 is 2.33 bits per heavy atom. The molecule has 208 valence electrons. The maximum absolute atomic E-state index is 13.8. The van der Waals surface area contributed by atoms with Crippen LogP contribution in [0.5, 0.6) is 5.75 Å². The Kier molecular flexibility index (Phi) is 7.09. The van der Waals surface area contributed by atoms with E-state index in [9.17, 15) is 30.9 Å². The number of benzene rings is 3. The number of hydrogen-bond donors (Lipinski definition) is 2. The van der Waals surface area contributed by atoms with Crippen molar-refractivity contribution < 1.29 is 40.4 Å². The molecule has 2 heterocycles. The Morgan fingerprint density at radius 2 is 1.67 bits per heavy atom. The van der Waals surface area contributed by atoms with Crippen molar-refractivity contribution in [3.8, 4) is 16.9 Å². The van der Waals surface area contributed by atoms with Crippen molar-refractivity contribution >= 4 is 25.6 Å². The van der Waals surface area contributed by atoms with E-state index in [-0.39, 0.29) is 23.0 Å². The lowest BCUT2D eigenvalue weighted by Crippen LogP contribution is -2.62. The normalized spacial score (nSPS) is 23.7. The third-order valence-electron chi connectivity index (χ3n) is 6.49. The molecule has 4 unspecified atom stereocenters. The van der Waals surface area contributed by atoms with Gasteiger partial charge in [-0.2, -0.15) is 0 Å². The smallest absolute Gasteiger partial charge is 0.406 e. The van der Waals surface area contributed by atoms with Gasteiger partial charge in [0.15, 0.2) is 0 Å². The molecule has 9 nitrogen and oxygen atoms in total. The van der Waals surface area contributed by atoms with Crippen LogP contribution in [0.15, 0.2) is 87.0 Å². The number of aliphatic hydroxyl groups is 1. The largest absolute Gasteiger partial charge is 0.573 e. The summed E-state index contributed by atoms with van der Waals surface area (Å²) in [4.78, 5) is 0.123. The molecule has 0 saturated carbocycles. The second-order valence-corrected chi connectivity index (χ2v) is 12.8. The molecule has 0 aliphatic carbocycles. The molecule has 2 aliphatic heterocycles. The van der Waals surface area contributed by atoms with Crippen LogP contribution < -0.4 is 13.8 Å². The number of para-hydroxylation sites is 1. The van der Waals surface area contributed by atoms with Crippen molar-refractivity contribution in [2.45, 2.75) is 34.3 Å². The molecule has 0 spiro atoms. The van der Waals surface area contributed by atoms with E-state index in [1.54, 1.807) is 42.5 Å². The summed E-state index contributed by atoms with van der Waals surface area (Å²) >= 11 is 0. The average Bonchev–Trinajstić information content (AvgIpc) is 2.90. The molecule has 0 amide bonds. The molecule has 39 heavy (non-hydrogen) atoms. The van der Waals surface area contributed by atoms with E-state index in [2.05, 4.69) is 13.8 Å². The number of nitrogens with one attached hydrogen (secondary N) is 1. The van der Waals surface area contributed by atoms with E-state index in [0.29, 0.717) is 16.8 Å². The van der Waals surface area contributed by atoms with Gasteiger partial charge >= 0.3 is 6.36 Å². The third-order valence-corrected chi connectivity index (χ3v) is 10.4. The van der Waals surface area contributed by atoms with Crippen LogP contribution in [-0.4, -0.2) is 62.5 Å². The first kappa shape index (κ1) is 27.4. The second-order valence-electron chi connectivity index (χ2n) is 8.86. The Hall–Kier alpha value is -3.17. The second kappa shape index (κ2) is 10.1. The van der Waals surface area contributed by atoms with Gasteiger partial charge in [-0.25, -0.2) is 21.7 Å². The first-order valence-electron chi connectivity index (χ1n) is 11.7. The van der Waals surface area contributed by atoms with Crippen LogP contribution in [0.1, 0.15) is 0 Å². The molecule has 0 radical (unpaired) electrons. The predicted octanol–water partition coefficient (Wildman–Crippen LogP) is 3.55. The highest BCUT2D eigenvalue weighted by molar-refractivity contribution is 7.93. The van der Waals surface area contributed by atoms with Crippen LogP contribution in [0.2, 0.25) is 0 Å². The SMILES string of the molecule is CN=S(=O)(NC1COCC(N2c3ccccc3-c3ccccc3S2(=O)=O)C1O)c1ccc(OC(F)(F)F)cc1. The van der Waals surface area contributed by atoms with E-state index in [1.165, 1.54) is 25.2 Å². The highest BCUT2D eigenvalue weighted by Crippen LogP contribution is 2.44. The quantitative estimate of drug-likeness (QED) is 0.475. The standard InChI is InChI=1S/C25H24F3N3O6S2/c1-29-38(33,17-12-10-16(11-13-17)37-25(26,27)28)30-20-14-36-15-22(24(20)32)31-21-8-4-2-6-18(21)19-7-3-5-9-23(19)39(31,34)35/h2-13,20,22,24,32H,14-15H2,1H3,(H,29,30,33). The monoisotopic (exact) mass is 583 g/mol. The Balaban J connectivity index is 1.46. The van der Waals surface area contributed by atoms with Crippen molar-refractivity contribution in [3.63, 3.8) is 0 Å². The van der Waals surface area contributed by atoms with Crippen molar-refractivity contribution in [1.29, 1.82) is 0 Å². The molecular weight excluding hydrogens is 559 g/mol. The van der Waals surface area contributed by atoms with Gasteiger partial charge < -0.3 is 14.6 Å².